The Labute approximate surface area is 138 Å². The number of hydrogen-bond donors (Lipinski definition) is 1. The van der Waals surface area contributed by atoms with E-state index in [4.69, 9.17) is 0 Å². The fourth-order valence-electron chi connectivity index (χ4n) is 3.24. The third-order valence-electron chi connectivity index (χ3n) is 4.46. The largest absolute Gasteiger partial charge is 0.406 e. The van der Waals surface area contributed by atoms with Gasteiger partial charge in [0.15, 0.2) is 0 Å². The van der Waals surface area contributed by atoms with E-state index < -0.39 is 12.7 Å². The van der Waals surface area contributed by atoms with Crippen LogP contribution in [0.3, 0.4) is 0 Å². The highest BCUT2D eigenvalue weighted by atomic mass is 19.4. The van der Waals surface area contributed by atoms with Gasteiger partial charge in [0, 0.05) is 43.3 Å². The van der Waals surface area contributed by atoms with E-state index >= 15 is 0 Å². The van der Waals surface area contributed by atoms with E-state index in [2.05, 4.69) is 5.32 Å². The summed E-state index contributed by atoms with van der Waals surface area (Å²) in [6, 6.07) is 7.29. The number of amides is 1. The molecule has 1 amide bonds. The number of benzene rings is 1. The second kappa shape index (κ2) is 6.37. The van der Waals surface area contributed by atoms with Crippen molar-refractivity contribution < 1.29 is 18.0 Å². The third kappa shape index (κ3) is 3.66. The van der Waals surface area contributed by atoms with Crippen LogP contribution in [0.1, 0.15) is 19.8 Å². The van der Waals surface area contributed by atoms with Gasteiger partial charge in [0.05, 0.1) is 5.52 Å². The number of fused-ring (bicyclic) bond motifs is 1. The summed E-state index contributed by atoms with van der Waals surface area (Å²) in [6.45, 7) is 1.99. The van der Waals surface area contributed by atoms with Crippen molar-refractivity contribution in [2.24, 2.45) is 0 Å². The number of nitrogens with zero attached hydrogens (tertiary/aromatic N) is 2. The van der Waals surface area contributed by atoms with Gasteiger partial charge in [-0.2, -0.15) is 13.2 Å². The van der Waals surface area contributed by atoms with Crippen LogP contribution in [-0.2, 0) is 11.3 Å². The summed E-state index contributed by atoms with van der Waals surface area (Å²) >= 11 is 0. The first-order valence-corrected chi connectivity index (χ1v) is 8.00. The van der Waals surface area contributed by atoms with Crippen LogP contribution in [0.2, 0.25) is 0 Å². The minimum Gasteiger partial charge on any atom is -0.382 e. The monoisotopic (exact) mass is 339 g/mol. The number of carbonyl (C=O) groups is 1. The topological polar surface area (TPSA) is 37.3 Å². The molecule has 4 nitrogen and oxygen atoms in total. The van der Waals surface area contributed by atoms with Gasteiger partial charge >= 0.3 is 6.18 Å². The van der Waals surface area contributed by atoms with Crippen molar-refractivity contribution in [3.8, 4) is 0 Å². The second-order valence-electron chi connectivity index (χ2n) is 6.22. The van der Waals surface area contributed by atoms with Gasteiger partial charge in [0.2, 0.25) is 5.91 Å². The molecule has 0 aliphatic carbocycles. The zero-order valence-corrected chi connectivity index (χ0v) is 13.4. The normalized spacial score (nSPS) is 16.6. The standard InChI is InChI=1S/C17H20F3N3O/c1-12(24)22-8-5-13(6-9-22)21-15-3-2-4-16-14(15)7-10-23(16)11-17(18,19)20/h2-4,7,10,13,21H,5-6,8-9,11H2,1H3. The first kappa shape index (κ1) is 16.7. The molecule has 0 bridgehead atoms. The van der Waals surface area contributed by atoms with Gasteiger partial charge in [-0.05, 0) is 31.0 Å². The van der Waals surface area contributed by atoms with E-state index in [9.17, 15) is 18.0 Å². The number of likely N-dealkylation sites (tertiary alicyclic amines) is 1. The molecule has 2 heterocycles. The highest BCUT2D eigenvalue weighted by molar-refractivity contribution is 5.92. The predicted molar refractivity (Wildman–Crippen MR) is 86.9 cm³/mol. The summed E-state index contributed by atoms with van der Waals surface area (Å²) < 4.78 is 39.2. The summed E-state index contributed by atoms with van der Waals surface area (Å²) in [5.74, 6) is 0.0831. The molecular formula is C17H20F3N3O. The van der Waals surface area contributed by atoms with Crippen molar-refractivity contribution in [2.45, 2.75) is 38.5 Å². The quantitative estimate of drug-likeness (QED) is 0.927. The van der Waals surface area contributed by atoms with Gasteiger partial charge in [0.1, 0.15) is 6.54 Å². The molecule has 130 valence electrons. The van der Waals surface area contributed by atoms with Crippen molar-refractivity contribution in [1.29, 1.82) is 0 Å². The molecule has 2 aromatic rings. The molecule has 1 N–H and O–H groups in total. The SMILES string of the molecule is CC(=O)N1CCC(Nc2cccc3c2ccn3CC(F)(F)F)CC1. The molecule has 24 heavy (non-hydrogen) atoms. The third-order valence-corrected chi connectivity index (χ3v) is 4.46. The Balaban J connectivity index is 1.75. The number of hydrogen-bond acceptors (Lipinski definition) is 2. The van der Waals surface area contributed by atoms with Gasteiger partial charge in [-0.3, -0.25) is 4.79 Å². The van der Waals surface area contributed by atoms with Gasteiger partial charge in [0.25, 0.3) is 0 Å². The molecule has 0 spiro atoms. The zero-order valence-electron chi connectivity index (χ0n) is 13.4. The molecule has 1 aliphatic rings. The lowest BCUT2D eigenvalue weighted by molar-refractivity contribution is -0.139. The van der Waals surface area contributed by atoms with Crippen molar-refractivity contribution >= 4 is 22.5 Å². The molecule has 3 rings (SSSR count). The summed E-state index contributed by atoms with van der Waals surface area (Å²) in [7, 11) is 0. The summed E-state index contributed by atoms with van der Waals surface area (Å²) in [5, 5.41) is 4.21. The van der Waals surface area contributed by atoms with Crippen LogP contribution in [0.5, 0.6) is 0 Å². The van der Waals surface area contributed by atoms with Crippen LogP contribution in [0.4, 0.5) is 18.9 Å². The predicted octanol–water partition coefficient (Wildman–Crippen LogP) is 3.63. The van der Waals surface area contributed by atoms with E-state index in [0.29, 0.717) is 18.6 Å². The highest BCUT2D eigenvalue weighted by Gasteiger charge is 2.28. The van der Waals surface area contributed by atoms with Crippen LogP contribution in [0.15, 0.2) is 30.5 Å². The lowest BCUT2D eigenvalue weighted by atomic mass is 10.0. The molecule has 1 fully saturated rings. The Morgan fingerprint density at radius 3 is 2.58 bits per heavy atom. The number of anilines is 1. The van der Waals surface area contributed by atoms with Crippen LogP contribution in [0, 0.1) is 0 Å². The van der Waals surface area contributed by atoms with Crippen LogP contribution >= 0.6 is 0 Å². The Morgan fingerprint density at radius 2 is 1.96 bits per heavy atom. The number of nitrogens with one attached hydrogen (secondary N) is 1. The first-order valence-electron chi connectivity index (χ1n) is 8.00. The molecule has 0 saturated carbocycles. The Hall–Kier alpha value is -2.18. The van der Waals surface area contributed by atoms with Crippen molar-refractivity contribution in [3.05, 3.63) is 30.5 Å². The molecular weight excluding hydrogens is 319 g/mol. The molecule has 1 aromatic heterocycles. The molecule has 1 aliphatic heterocycles. The van der Waals surface area contributed by atoms with Gasteiger partial charge in [-0.25, -0.2) is 0 Å². The van der Waals surface area contributed by atoms with E-state index in [-0.39, 0.29) is 11.9 Å². The number of piperidine rings is 1. The molecule has 7 heteroatoms. The maximum absolute atomic E-state index is 12.7. The maximum Gasteiger partial charge on any atom is 0.406 e. The molecule has 1 saturated heterocycles. The van der Waals surface area contributed by atoms with E-state index in [0.717, 1.165) is 23.9 Å². The smallest absolute Gasteiger partial charge is 0.382 e. The van der Waals surface area contributed by atoms with Gasteiger partial charge < -0.3 is 14.8 Å². The molecule has 1 aromatic carbocycles. The summed E-state index contributed by atoms with van der Waals surface area (Å²) in [4.78, 5) is 13.2. The van der Waals surface area contributed by atoms with E-state index in [1.54, 1.807) is 25.1 Å². The number of rotatable bonds is 3. The summed E-state index contributed by atoms with van der Waals surface area (Å²) in [6.07, 6.45) is -1.10. The Kier molecular flexibility index (Phi) is 4.43. The lowest BCUT2D eigenvalue weighted by Gasteiger charge is -2.32. The summed E-state index contributed by atoms with van der Waals surface area (Å²) in [5.41, 5.74) is 1.41. The van der Waals surface area contributed by atoms with Gasteiger partial charge in [-0.15, -0.1) is 0 Å². The molecule has 0 unspecified atom stereocenters. The first-order chi connectivity index (χ1) is 11.3. The lowest BCUT2D eigenvalue weighted by Crippen LogP contribution is -2.41. The van der Waals surface area contributed by atoms with Gasteiger partial charge in [-0.1, -0.05) is 6.07 Å². The van der Waals surface area contributed by atoms with Crippen LogP contribution in [-0.4, -0.2) is 40.7 Å². The van der Waals surface area contributed by atoms with E-state index in [1.165, 1.54) is 10.8 Å². The van der Waals surface area contributed by atoms with Crippen molar-refractivity contribution in [1.82, 2.24) is 9.47 Å². The fraction of sp³-hybridized carbons (Fsp3) is 0.471. The Bertz CT molecular complexity index is 730. The average Bonchev–Trinajstić information content (AvgIpc) is 2.90. The number of carbonyl (C=O) groups excluding carboxylic acids is 1. The number of halogens is 3. The van der Waals surface area contributed by atoms with E-state index in [1.807, 2.05) is 11.0 Å². The minimum absolute atomic E-state index is 0.0831. The molecule has 0 atom stereocenters. The maximum atomic E-state index is 12.7. The van der Waals surface area contributed by atoms with Crippen molar-refractivity contribution in [3.63, 3.8) is 0 Å². The second-order valence-corrected chi connectivity index (χ2v) is 6.22. The number of alkyl halides is 3. The average molecular weight is 339 g/mol. The van der Waals surface area contributed by atoms with Crippen molar-refractivity contribution in [2.75, 3.05) is 18.4 Å². The molecule has 0 radical (unpaired) electrons. The fourth-order valence-corrected chi connectivity index (χ4v) is 3.24. The highest BCUT2D eigenvalue weighted by Crippen LogP contribution is 2.29. The van der Waals surface area contributed by atoms with Crippen LogP contribution < -0.4 is 5.32 Å². The Morgan fingerprint density at radius 1 is 1.25 bits per heavy atom. The zero-order chi connectivity index (χ0) is 17.3. The number of aromatic nitrogens is 1. The van der Waals surface area contributed by atoms with Crippen LogP contribution in [0.25, 0.3) is 10.9 Å². The minimum atomic E-state index is -4.24.